The fourth-order valence-corrected chi connectivity index (χ4v) is 5.04. The predicted octanol–water partition coefficient (Wildman–Crippen LogP) is 5.16. The van der Waals surface area contributed by atoms with E-state index in [4.69, 9.17) is 30.5 Å². The van der Waals surface area contributed by atoms with Crippen LogP contribution in [0, 0.1) is 0 Å². The number of benzene rings is 3. The summed E-state index contributed by atoms with van der Waals surface area (Å²) in [4.78, 5) is 51.5. The number of rotatable bonds is 10. The molecule has 0 bridgehead atoms. The lowest BCUT2D eigenvalue weighted by molar-refractivity contribution is -0.127. The quantitative estimate of drug-likeness (QED) is 0.299. The van der Waals surface area contributed by atoms with E-state index in [-0.39, 0.29) is 24.2 Å². The van der Waals surface area contributed by atoms with E-state index < -0.39 is 23.6 Å². The Labute approximate surface area is 249 Å². The Morgan fingerprint density at radius 2 is 1.74 bits per heavy atom. The van der Waals surface area contributed by atoms with Crippen molar-refractivity contribution in [2.45, 2.75) is 6.92 Å². The average Bonchev–Trinajstić information content (AvgIpc) is 3.52. The van der Waals surface area contributed by atoms with Crippen molar-refractivity contribution < 1.29 is 38.1 Å². The van der Waals surface area contributed by atoms with Gasteiger partial charge in [-0.2, -0.15) is 0 Å². The SMILES string of the molecule is CCOc1cc(/C=C2/SC(=O)N(CC(=O)Nc3ccc4c(c3)OCO4)C2=O)ccc1OCC(=O)Nc1cccc(Cl)c1. The molecular formula is C29H24ClN3O8S. The van der Waals surface area contributed by atoms with E-state index in [0.717, 1.165) is 16.7 Å². The molecule has 4 amide bonds. The number of hydrogen-bond donors (Lipinski definition) is 2. The highest BCUT2D eigenvalue weighted by atomic mass is 35.5. The Morgan fingerprint density at radius 3 is 2.55 bits per heavy atom. The van der Waals surface area contributed by atoms with E-state index >= 15 is 0 Å². The second-order valence-electron chi connectivity index (χ2n) is 8.87. The monoisotopic (exact) mass is 609 g/mol. The van der Waals surface area contributed by atoms with Gasteiger partial charge in [0.1, 0.15) is 6.54 Å². The first-order valence-corrected chi connectivity index (χ1v) is 13.9. The maximum absolute atomic E-state index is 13.0. The van der Waals surface area contributed by atoms with Crippen LogP contribution in [0.5, 0.6) is 23.0 Å². The van der Waals surface area contributed by atoms with Crippen molar-refractivity contribution in [1.29, 1.82) is 0 Å². The minimum absolute atomic E-state index is 0.0969. The molecule has 2 N–H and O–H groups in total. The Bertz CT molecular complexity index is 1590. The number of nitrogens with zero attached hydrogens (tertiary/aromatic N) is 1. The lowest BCUT2D eigenvalue weighted by Crippen LogP contribution is -2.36. The molecular weight excluding hydrogens is 586 g/mol. The number of amides is 4. The van der Waals surface area contributed by atoms with E-state index in [1.54, 1.807) is 67.6 Å². The Hall–Kier alpha value is -4.68. The van der Waals surface area contributed by atoms with Crippen molar-refractivity contribution in [3.63, 3.8) is 0 Å². The highest BCUT2D eigenvalue weighted by Crippen LogP contribution is 2.36. The van der Waals surface area contributed by atoms with Gasteiger partial charge in [-0.3, -0.25) is 24.1 Å². The van der Waals surface area contributed by atoms with Crippen molar-refractivity contribution in [3.8, 4) is 23.0 Å². The number of hydrogen-bond acceptors (Lipinski definition) is 9. The molecule has 13 heteroatoms. The van der Waals surface area contributed by atoms with Crippen LogP contribution in [0.2, 0.25) is 5.02 Å². The average molecular weight is 610 g/mol. The van der Waals surface area contributed by atoms with Crippen LogP contribution in [0.1, 0.15) is 12.5 Å². The number of carbonyl (C=O) groups is 4. The number of thioether (sulfide) groups is 1. The van der Waals surface area contributed by atoms with E-state index in [1.165, 1.54) is 6.08 Å². The van der Waals surface area contributed by atoms with Gasteiger partial charge in [-0.05, 0) is 72.8 Å². The lowest BCUT2D eigenvalue weighted by Gasteiger charge is -2.13. The highest BCUT2D eigenvalue weighted by molar-refractivity contribution is 8.18. The van der Waals surface area contributed by atoms with Crippen LogP contribution >= 0.6 is 23.4 Å². The normalized spacial score (nSPS) is 14.7. The molecule has 5 rings (SSSR count). The zero-order valence-electron chi connectivity index (χ0n) is 22.2. The standard InChI is InChI=1S/C29H24ClN3O8S/c1-2-38-23-10-17(6-8-21(23)39-15-27(35)32-19-5-3-4-18(30)12-19)11-25-28(36)33(29(37)42-25)14-26(34)31-20-7-9-22-24(13-20)41-16-40-22/h3-13H,2,14-16H2,1H3,(H,31,34)(H,32,35)/b25-11+. The van der Waals surface area contributed by atoms with Gasteiger partial charge in [-0.15, -0.1) is 0 Å². The number of imide groups is 1. The summed E-state index contributed by atoms with van der Waals surface area (Å²) >= 11 is 6.68. The van der Waals surface area contributed by atoms with Gasteiger partial charge in [0.15, 0.2) is 29.6 Å². The Morgan fingerprint density at radius 1 is 0.952 bits per heavy atom. The minimum atomic E-state index is -0.596. The van der Waals surface area contributed by atoms with Gasteiger partial charge in [0.2, 0.25) is 12.7 Å². The van der Waals surface area contributed by atoms with E-state index in [9.17, 15) is 19.2 Å². The van der Waals surface area contributed by atoms with Crippen LogP contribution in [-0.2, 0) is 14.4 Å². The summed E-state index contributed by atoms with van der Waals surface area (Å²) in [5, 5.41) is 5.28. The van der Waals surface area contributed by atoms with Crippen LogP contribution < -0.4 is 29.6 Å². The molecule has 2 aliphatic heterocycles. The van der Waals surface area contributed by atoms with Crippen LogP contribution in [0.4, 0.5) is 16.2 Å². The molecule has 11 nitrogen and oxygen atoms in total. The second kappa shape index (κ2) is 12.9. The molecule has 1 fully saturated rings. The molecule has 2 aliphatic rings. The number of nitrogens with one attached hydrogen (secondary N) is 2. The summed E-state index contributed by atoms with van der Waals surface area (Å²) in [7, 11) is 0. The summed E-state index contributed by atoms with van der Waals surface area (Å²) in [5.41, 5.74) is 1.54. The molecule has 0 aliphatic carbocycles. The highest BCUT2D eigenvalue weighted by Gasteiger charge is 2.36. The van der Waals surface area contributed by atoms with Crippen LogP contribution in [-0.4, -0.2) is 54.4 Å². The number of carbonyl (C=O) groups excluding carboxylic acids is 4. The first-order chi connectivity index (χ1) is 20.3. The molecule has 0 spiro atoms. The van der Waals surface area contributed by atoms with Crippen molar-refractivity contribution in [2.24, 2.45) is 0 Å². The van der Waals surface area contributed by atoms with Gasteiger partial charge >= 0.3 is 0 Å². The van der Waals surface area contributed by atoms with E-state index in [0.29, 0.717) is 51.6 Å². The van der Waals surface area contributed by atoms with Crippen molar-refractivity contribution >= 4 is 63.8 Å². The molecule has 0 unspecified atom stereocenters. The maximum Gasteiger partial charge on any atom is 0.294 e. The molecule has 1 saturated heterocycles. The molecule has 42 heavy (non-hydrogen) atoms. The molecule has 0 aromatic heterocycles. The number of ether oxygens (including phenoxy) is 4. The zero-order valence-corrected chi connectivity index (χ0v) is 23.8. The third kappa shape index (κ3) is 6.96. The summed E-state index contributed by atoms with van der Waals surface area (Å²) in [5.74, 6) is 0.201. The predicted molar refractivity (Wildman–Crippen MR) is 157 cm³/mol. The summed E-state index contributed by atoms with van der Waals surface area (Å²) in [6, 6.07) is 16.5. The molecule has 0 saturated carbocycles. The smallest absolute Gasteiger partial charge is 0.294 e. The Balaban J connectivity index is 1.21. The van der Waals surface area contributed by atoms with Crippen molar-refractivity contribution in [2.75, 3.05) is 37.2 Å². The largest absolute Gasteiger partial charge is 0.490 e. The van der Waals surface area contributed by atoms with E-state index in [2.05, 4.69) is 10.6 Å². The van der Waals surface area contributed by atoms with Crippen molar-refractivity contribution in [3.05, 3.63) is 76.2 Å². The Kier molecular flexibility index (Phi) is 8.84. The number of anilines is 2. The van der Waals surface area contributed by atoms with Crippen LogP contribution in [0.15, 0.2) is 65.6 Å². The molecule has 0 atom stereocenters. The minimum Gasteiger partial charge on any atom is -0.490 e. The summed E-state index contributed by atoms with van der Waals surface area (Å²) < 4.78 is 21.9. The molecule has 3 aromatic carbocycles. The second-order valence-corrected chi connectivity index (χ2v) is 10.3. The van der Waals surface area contributed by atoms with Gasteiger partial charge < -0.3 is 29.6 Å². The van der Waals surface area contributed by atoms with Gasteiger partial charge in [0.05, 0.1) is 11.5 Å². The van der Waals surface area contributed by atoms with Crippen LogP contribution in [0.25, 0.3) is 6.08 Å². The zero-order chi connectivity index (χ0) is 29.6. The third-order valence-electron chi connectivity index (χ3n) is 5.86. The molecule has 3 aromatic rings. The fourth-order valence-electron chi connectivity index (χ4n) is 4.01. The first-order valence-electron chi connectivity index (χ1n) is 12.7. The number of halogens is 1. The first kappa shape index (κ1) is 28.8. The fraction of sp³-hybridized carbons (Fsp3) is 0.172. The van der Waals surface area contributed by atoms with Gasteiger partial charge in [-0.1, -0.05) is 23.7 Å². The number of fused-ring (bicyclic) bond motifs is 1. The van der Waals surface area contributed by atoms with Crippen molar-refractivity contribution in [1.82, 2.24) is 4.90 Å². The molecule has 2 heterocycles. The maximum atomic E-state index is 13.0. The van der Waals surface area contributed by atoms with Gasteiger partial charge in [0.25, 0.3) is 17.1 Å². The van der Waals surface area contributed by atoms with E-state index in [1.807, 2.05) is 0 Å². The van der Waals surface area contributed by atoms with Gasteiger partial charge in [-0.25, -0.2) is 0 Å². The lowest BCUT2D eigenvalue weighted by atomic mass is 10.2. The van der Waals surface area contributed by atoms with Crippen LogP contribution in [0.3, 0.4) is 0 Å². The third-order valence-corrected chi connectivity index (χ3v) is 7.01. The van der Waals surface area contributed by atoms with Gasteiger partial charge in [0, 0.05) is 22.5 Å². The molecule has 0 radical (unpaired) electrons. The molecule has 216 valence electrons. The summed E-state index contributed by atoms with van der Waals surface area (Å²) in [6.45, 7) is 1.48. The summed E-state index contributed by atoms with van der Waals surface area (Å²) in [6.07, 6.45) is 1.53. The topological polar surface area (TPSA) is 133 Å².